The van der Waals surface area contributed by atoms with Crippen LogP contribution in [0.4, 0.5) is 0 Å². The van der Waals surface area contributed by atoms with E-state index in [4.69, 9.17) is 44.3 Å². The van der Waals surface area contributed by atoms with Crippen molar-refractivity contribution < 1.29 is 9.47 Å². The lowest BCUT2D eigenvalue weighted by Crippen LogP contribution is -2.02. The van der Waals surface area contributed by atoms with Gasteiger partial charge in [-0.15, -0.1) is 0 Å². The Morgan fingerprint density at radius 2 is 1.59 bits per heavy atom. The van der Waals surface area contributed by atoms with E-state index in [1.807, 2.05) is 12.1 Å². The lowest BCUT2D eigenvalue weighted by Gasteiger charge is -2.17. The van der Waals surface area contributed by atoms with E-state index in [0.29, 0.717) is 43.2 Å². The lowest BCUT2D eigenvalue weighted by molar-refractivity contribution is 0.367. The third kappa shape index (κ3) is 4.49. The van der Waals surface area contributed by atoms with E-state index >= 15 is 0 Å². The molecule has 0 saturated carbocycles. The van der Waals surface area contributed by atoms with E-state index in [2.05, 4.69) is 16.0 Å². The second kappa shape index (κ2) is 9.46. The Labute approximate surface area is 199 Å². The summed E-state index contributed by atoms with van der Waals surface area (Å²) in [6, 6.07) is 21.3. The Morgan fingerprint density at radius 1 is 0.875 bits per heavy atom. The number of hydrogen-bond acceptors (Lipinski definition) is 5. The minimum absolute atomic E-state index is 0.0770. The van der Waals surface area contributed by atoms with Gasteiger partial charge in [0.05, 0.1) is 29.0 Å². The van der Waals surface area contributed by atoms with Gasteiger partial charge >= 0.3 is 6.01 Å². The van der Waals surface area contributed by atoms with Gasteiger partial charge in [-0.2, -0.15) is 15.2 Å². The first-order valence-corrected chi connectivity index (χ1v) is 10.5. The fourth-order valence-electron chi connectivity index (χ4n) is 3.09. The Morgan fingerprint density at radius 3 is 2.28 bits per heavy atom. The third-order valence-corrected chi connectivity index (χ3v) is 5.37. The molecule has 4 rings (SSSR count). The number of para-hydroxylation sites is 1. The number of ether oxygens (including phenoxy) is 2. The van der Waals surface area contributed by atoms with E-state index in [9.17, 15) is 5.26 Å². The number of nitrogens with zero attached hydrogens (tertiary/aromatic N) is 3. The van der Waals surface area contributed by atoms with Crippen molar-refractivity contribution in [3.05, 3.63) is 87.4 Å². The highest BCUT2D eigenvalue weighted by Gasteiger charge is 2.22. The summed E-state index contributed by atoms with van der Waals surface area (Å²) in [5.41, 5.74) is 2.74. The summed E-state index contributed by atoms with van der Waals surface area (Å²) < 4.78 is 11.5. The molecule has 0 amide bonds. The molecular formula is C24H14Cl3N3O2. The van der Waals surface area contributed by atoms with Crippen molar-refractivity contribution in [1.82, 2.24) is 9.97 Å². The molecular weight excluding hydrogens is 469 g/mol. The van der Waals surface area contributed by atoms with Gasteiger partial charge in [0.2, 0.25) is 5.88 Å². The van der Waals surface area contributed by atoms with Crippen LogP contribution in [0, 0.1) is 11.3 Å². The zero-order valence-corrected chi connectivity index (χ0v) is 18.9. The van der Waals surface area contributed by atoms with E-state index in [1.54, 1.807) is 54.6 Å². The summed E-state index contributed by atoms with van der Waals surface area (Å²) in [4.78, 5) is 8.98. The minimum Gasteiger partial charge on any atom is -0.467 e. The van der Waals surface area contributed by atoms with Crippen molar-refractivity contribution in [3.63, 3.8) is 0 Å². The molecule has 0 aliphatic rings. The first kappa shape index (κ1) is 21.9. The van der Waals surface area contributed by atoms with Crippen LogP contribution in [-0.4, -0.2) is 17.1 Å². The number of hydrogen-bond donors (Lipinski definition) is 0. The molecule has 0 aliphatic heterocycles. The van der Waals surface area contributed by atoms with Crippen LogP contribution in [0.2, 0.25) is 15.1 Å². The van der Waals surface area contributed by atoms with Gasteiger partial charge in [-0.25, -0.2) is 0 Å². The van der Waals surface area contributed by atoms with Crippen molar-refractivity contribution >= 4 is 34.8 Å². The maximum Gasteiger partial charge on any atom is 0.320 e. The summed E-state index contributed by atoms with van der Waals surface area (Å²) >= 11 is 18.7. The van der Waals surface area contributed by atoms with Crippen molar-refractivity contribution in [2.45, 2.75) is 0 Å². The largest absolute Gasteiger partial charge is 0.467 e. The average molecular weight is 483 g/mol. The van der Waals surface area contributed by atoms with Gasteiger partial charge in [-0.1, -0.05) is 59.1 Å². The number of aromatic nitrogens is 2. The number of halogens is 3. The highest BCUT2D eigenvalue weighted by molar-refractivity contribution is 6.36. The van der Waals surface area contributed by atoms with Crippen LogP contribution in [0.3, 0.4) is 0 Å². The molecule has 0 fully saturated rings. The second-order valence-corrected chi connectivity index (χ2v) is 7.86. The number of rotatable bonds is 5. The summed E-state index contributed by atoms with van der Waals surface area (Å²) in [7, 11) is 1.46. The molecule has 0 saturated heterocycles. The van der Waals surface area contributed by atoms with Crippen LogP contribution >= 0.6 is 34.8 Å². The molecule has 0 aliphatic carbocycles. The topological polar surface area (TPSA) is 68.0 Å². The number of benzene rings is 3. The van der Waals surface area contributed by atoms with Gasteiger partial charge in [-0.3, -0.25) is 0 Å². The first-order chi connectivity index (χ1) is 15.5. The Kier molecular flexibility index (Phi) is 6.48. The predicted octanol–water partition coefficient (Wildman–Crippen LogP) is 7.44. The molecule has 4 aromatic rings. The van der Waals surface area contributed by atoms with Crippen LogP contribution in [-0.2, 0) is 0 Å². The molecule has 1 heterocycles. The van der Waals surface area contributed by atoms with Gasteiger partial charge in [0.25, 0.3) is 0 Å². The molecule has 5 nitrogen and oxygen atoms in total. The fourth-order valence-corrected chi connectivity index (χ4v) is 3.72. The molecule has 158 valence electrons. The Balaban J connectivity index is 2.01. The van der Waals surface area contributed by atoms with Crippen molar-refractivity contribution in [3.8, 4) is 46.1 Å². The third-order valence-electron chi connectivity index (χ3n) is 4.57. The molecule has 1 aromatic heterocycles. The quantitative estimate of drug-likeness (QED) is 0.295. The van der Waals surface area contributed by atoms with Crippen LogP contribution in [0.5, 0.6) is 17.6 Å². The maximum absolute atomic E-state index is 9.48. The van der Waals surface area contributed by atoms with Gasteiger partial charge in [-0.05, 0) is 48.0 Å². The smallest absolute Gasteiger partial charge is 0.320 e. The minimum atomic E-state index is 0.0770. The molecule has 8 heteroatoms. The lowest BCUT2D eigenvalue weighted by atomic mass is 10.00. The average Bonchev–Trinajstić information content (AvgIpc) is 2.80. The van der Waals surface area contributed by atoms with Crippen LogP contribution in [0.15, 0.2) is 66.7 Å². The van der Waals surface area contributed by atoms with Crippen molar-refractivity contribution in [2.75, 3.05) is 7.11 Å². The monoisotopic (exact) mass is 481 g/mol. The fraction of sp³-hybridized carbons (Fsp3) is 0.0417. The summed E-state index contributed by atoms with van der Waals surface area (Å²) in [5, 5.41) is 10.9. The molecule has 0 spiro atoms. The number of nitriles is 1. The first-order valence-electron chi connectivity index (χ1n) is 9.34. The van der Waals surface area contributed by atoms with Gasteiger partial charge in [0, 0.05) is 15.6 Å². The van der Waals surface area contributed by atoms with Crippen LogP contribution in [0.1, 0.15) is 5.56 Å². The van der Waals surface area contributed by atoms with E-state index < -0.39 is 0 Å². The van der Waals surface area contributed by atoms with Crippen molar-refractivity contribution in [1.29, 1.82) is 5.26 Å². The molecule has 32 heavy (non-hydrogen) atoms. The summed E-state index contributed by atoms with van der Waals surface area (Å²) in [6.07, 6.45) is 0. The zero-order valence-electron chi connectivity index (χ0n) is 16.6. The van der Waals surface area contributed by atoms with Crippen LogP contribution < -0.4 is 9.47 Å². The van der Waals surface area contributed by atoms with Crippen LogP contribution in [0.25, 0.3) is 22.4 Å². The van der Waals surface area contributed by atoms with E-state index in [-0.39, 0.29) is 11.9 Å². The molecule has 0 bridgehead atoms. The molecule has 0 atom stereocenters. The normalized spacial score (nSPS) is 10.5. The van der Waals surface area contributed by atoms with Gasteiger partial charge < -0.3 is 9.47 Å². The second-order valence-electron chi connectivity index (χ2n) is 6.58. The van der Waals surface area contributed by atoms with E-state index in [1.165, 1.54) is 7.11 Å². The highest BCUT2D eigenvalue weighted by atomic mass is 35.5. The van der Waals surface area contributed by atoms with E-state index in [0.717, 1.165) is 5.56 Å². The zero-order chi connectivity index (χ0) is 22.7. The molecule has 0 N–H and O–H groups in total. The van der Waals surface area contributed by atoms with Gasteiger partial charge in [0.15, 0.2) is 0 Å². The molecule has 0 unspecified atom stereocenters. The number of methoxy groups -OCH3 is 1. The Bertz CT molecular complexity index is 1340. The summed E-state index contributed by atoms with van der Waals surface area (Å²) in [5.74, 6) is 0.544. The maximum atomic E-state index is 9.48. The SMILES string of the molecule is COc1nc(Oc2ccccc2C#N)c(-c2ccc(Cl)cc2)c(-c2ccc(Cl)cc2Cl)n1. The Hall–Kier alpha value is -3.30. The highest BCUT2D eigenvalue weighted by Crippen LogP contribution is 2.43. The molecule has 0 radical (unpaired) electrons. The predicted molar refractivity (Wildman–Crippen MR) is 126 cm³/mol. The van der Waals surface area contributed by atoms with Gasteiger partial charge in [0.1, 0.15) is 11.8 Å². The summed E-state index contributed by atoms with van der Waals surface area (Å²) in [6.45, 7) is 0. The molecule has 3 aromatic carbocycles. The standard InChI is InChI=1S/C24H14Cl3N3O2/c1-31-24-29-22(18-11-10-17(26)12-19(18)27)21(14-6-8-16(25)9-7-14)23(30-24)32-20-5-3-2-4-15(20)13-28/h2-12H,1H3. The van der Waals surface area contributed by atoms with Crippen molar-refractivity contribution in [2.24, 2.45) is 0 Å².